The Labute approximate surface area is 191 Å². The van der Waals surface area contributed by atoms with Gasteiger partial charge in [0, 0.05) is 39.4 Å². The van der Waals surface area contributed by atoms with Gasteiger partial charge in [-0.15, -0.1) is 24.0 Å². The van der Waals surface area contributed by atoms with E-state index >= 15 is 0 Å². The highest BCUT2D eigenvalue weighted by atomic mass is 127. The van der Waals surface area contributed by atoms with Crippen LogP contribution in [0.1, 0.15) is 44.6 Å². The first-order valence-corrected chi connectivity index (χ1v) is 10.2. The lowest BCUT2D eigenvalue weighted by atomic mass is 10.2. The van der Waals surface area contributed by atoms with Gasteiger partial charge in [-0.25, -0.2) is 0 Å². The molecule has 1 amide bonds. The summed E-state index contributed by atoms with van der Waals surface area (Å²) in [5, 5.41) is 9.49. The van der Waals surface area contributed by atoms with Gasteiger partial charge in [0.1, 0.15) is 5.75 Å². The molecule has 0 aliphatic heterocycles. The van der Waals surface area contributed by atoms with E-state index < -0.39 is 0 Å². The zero-order valence-corrected chi connectivity index (χ0v) is 19.9. The van der Waals surface area contributed by atoms with E-state index in [0.29, 0.717) is 18.3 Å². The maximum atomic E-state index is 11.7. The number of hydrogen-bond donors (Lipinski definition) is 3. The van der Waals surface area contributed by atoms with Gasteiger partial charge < -0.3 is 25.4 Å². The Morgan fingerprint density at radius 1 is 1.21 bits per heavy atom. The second-order valence-electron chi connectivity index (χ2n) is 6.95. The second kappa shape index (κ2) is 15.3. The highest BCUT2D eigenvalue weighted by Gasteiger charge is 2.23. The van der Waals surface area contributed by atoms with Crippen LogP contribution in [0.2, 0.25) is 0 Å². The third kappa shape index (κ3) is 11.9. The number of unbranched alkanes of at least 4 members (excludes halogenated alkanes) is 1. The summed E-state index contributed by atoms with van der Waals surface area (Å²) in [5.41, 5.74) is 1.06. The average molecular weight is 518 g/mol. The van der Waals surface area contributed by atoms with Crippen LogP contribution in [0.25, 0.3) is 0 Å². The van der Waals surface area contributed by atoms with Crippen molar-refractivity contribution in [2.45, 2.75) is 51.6 Å². The van der Waals surface area contributed by atoms with Crippen LogP contribution >= 0.6 is 24.0 Å². The fourth-order valence-corrected chi connectivity index (χ4v) is 2.53. The number of benzene rings is 1. The van der Waals surface area contributed by atoms with Gasteiger partial charge >= 0.3 is 0 Å². The summed E-state index contributed by atoms with van der Waals surface area (Å²) in [6.07, 6.45) is 5.37. The van der Waals surface area contributed by atoms with Gasteiger partial charge in [0.25, 0.3) is 5.91 Å². The number of halogens is 1. The van der Waals surface area contributed by atoms with Gasteiger partial charge in [-0.1, -0.05) is 25.5 Å². The first-order valence-electron chi connectivity index (χ1n) is 10.2. The summed E-state index contributed by atoms with van der Waals surface area (Å²) in [5.74, 6) is 1.38. The minimum Gasteiger partial charge on any atom is -0.484 e. The molecule has 0 heterocycles. The summed E-state index contributed by atoms with van der Waals surface area (Å²) in [7, 11) is 1.76. The largest absolute Gasteiger partial charge is 0.484 e. The number of aliphatic imine (C=N–C) groups is 1. The fourth-order valence-electron chi connectivity index (χ4n) is 2.53. The van der Waals surface area contributed by atoms with Gasteiger partial charge in [-0.2, -0.15) is 0 Å². The highest BCUT2D eigenvalue weighted by molar-refractivity contribution is 14.0. The molecule has 0 spiro atoms. The number of guanidine groups is 1. The summed E-state index contributed by atoms with van der Waals surface area (Å²) < 4.78 is 11.1. The van der Waals surface area contributed by atoms with Gasteiger partial charge in [-0.05, 0) is 43.4 Å². The SMILES string of the molecule is CCCCOCCCNC(=NC)NCc1cccc(OCC(=O)NC2CC2)c1.I. The molecule has 1 aromatic rings. The molecule has 2 rings (SSSR count). The lowest BCUT2D eigenvalue weighted by Crippen LogP contribution is -2.37. The highest BCUT2D eigenvalue weighted by Crippen LogP contribution is 2.18. The molecule has 3 N–H and O–H groups in total. The Kier molecular flexibility index (Phi) is 13.5. The van der Waals surface area contributed by atoms with Crippen LogP contribution in [0.15, 0.2) is 29.3 Å². The van der Waals surface area contributed by atoms with E-state index in [9.17, 15) is 4.79 Å². The minimum atomic E-state index is -0.0608. The van der Waals surface area contributed by atoms with Crippen LogP contribution in [-0.2, 0) is 16.1 Å². The third-order valence-electron chi connectivity index (χ3n) is 4.29. The van der Waals surface area contributed by atoms with Crippen LogP contribution < -0.4 is 20.7 Å². The van der Waals surface area contributed by atoms with E-state index in [0.717, 1.165) is 63.4 Å². The van der Waals surface area contributed by atoms with Crippen molar-refractivity contribution in [3.63, 3.8) is 0 Å². The number of amides is 1. The van der Waals surface area contributed by atoms with Crippen LogP contribution in [0.3, 0.4) is 0 Å². The molecule has 0 atom stereocenters. The van der Waals surface area contributed by atoms with Gasteiger partial charge in [0.15, 0.2) is 12.6 Å². The quantitative estimate of drug-likeness (QED) is 0.162. The van der Waals surface area contributed by atoms with E-state index in [-0.39, 0.29) is 36.5 Å². The molecule has 1 fully saturated rings. The molecule has 7 nitrogen and oxygen atoms in total. The van der Waals surface area contributed by atoms with Crippen molar-refractivity contribution in [1.82, 2.24) is 16.0 Å². The van der Waals surface area contributed by atoms with Crippen LogP contribution in [0.5, 0.6) is 5.75 Å². The Bertz CT molecular complexity index is 624. The van der Waals surface area contributed by atoms with E-state index in [2.05, 4.69) is 27.9 Å². The van der Waals surface area contributed by atoms with Gasteiger partial charge in [0.2, 0.25) is 0 Å². The molecule has 8 heteroatoms. The molecular weight excluding hydrogens is 483 g/mol. The summed E-state index contributed by atoms with van der Waals surface area (Å²) >= 11 is 0. The number of carbonyl (C=O) groups excluding carboxylic acids is 1. The van der Waals surface area contributed by atoms with E-state index in [4.69, 9.17) is 9.47 Å². The Morgan fingerprint density at radius 3 is 2.72 bits per heavy atom. The zero-order valence-electron chi connectivity index (χ0n) is 17.5. The van der Waals surface area contributed by atoms with Crippen molar-refractivity contribution in [2.75, 3.05) is 33.4 Å². The van der Waals surface area contributed by atoms with Crippen molar-refractivity contribution in [3.8, 4) is 5.75 Å². The molecule has 0 bridgehead atoms. The average Bonchev–Trinajstić information content (AvgIpc) is 3.52. The number of nitrogens with zero attached hydrogens (tertiary/aromatic N) is 1. The lowest BCUT2D eigenvalue weighted by Gasteiger charge is -2.13. The van der Waals surface area contributed by atoms with E-state index in [1.54, 1.807) is 7.05 Å². The third-order valence-corrected chi connectivity index (χ3v) is 4.29. The van der Waals surface area contributed by atoms with Gasteiger partial charge in [-0.3, -0.25) is 9.79 Å². The van der Waals surface area contributed by atoms with Crippen molar-refractivity contribution in [1.29, 1.82) is 0 Å². The topological polar surface area (TPSA) is 84.0 Å². The first kappa shape index (κ1) is 25.5. The molecule has 1 aliphatic carbocycles. The standard InChI is InChI=1S/C21H34N4O3.HI/c1-3-4-12-27-13-6-11-23-21(22-2)24-15-17-7-5-8-19(14-17)28-16-20(26)25-18-9-10-18;/h5,7-8,14,18H,3-4,6,9-13,15-16H2,1-2H3,(H,25,26)(H2,22,23,24);1H. The molecule has 1 aromatic carbocycles. The molecule has 164 valence electrons. The summed E-state index contributed by atoms with van der Waals surface area (Å²) in [6, 6.07) is 8.09. The Balaban J connectivity index is 0.00000420. The Morgan fingerprint density at radius 2 is 2.00 bits per heavy atom. The Hall–Kier alpha value is -1.55. The van der Waals surface area contributed by atoms with Crippen molar-refractivity contribution in [2.24, 2.45) is 4.99 Å². The molecule has 0 radical (unpaired) electrons. The normalized spacial score (nSPS) is 13.4. The zero-order chi connectivity index (χ0) is 20.0. The molecule has 0 aromatic heterocycles. The van der Waals surface area contributed by atoms with Crippen molar-refractivity contribution < 1.29 is 14.3 Å². The van der Waals surface area contributed by atoms with Crippen LogP contribution in [0, 0.1) is 0 Å². The van der Waals surface area contributed by atoms with E-state index in [1.165, 1.54) is 0 Å². The van der Waals surface area contributed by atoms with E-state index in [1.807, 2.05) is 24.3 Å². The molecule has 1 aliphatic rings. The minimum absolute atomic E-state index is 0. The number of ether oxygens (including phenoxy) is 2. The fraction of sp³-hybridized carbons (Fsp3) is 0.619. The summed E-state index contributed by atoms with van der Waals surface area (Å²) in [4.78, 5) is 16.0. The van der Waals surface area contributed by atoms with Crippen molar-refractivity contribution in [3.05, 3.63) is 29.8 Å². The predicted molar refractivity (Wildman–Crippen MR) is 127 cm³/mol. The van der Waals surface area contributed by atoms with Gasteiger partial charge in [0.05, 0.1) is 0 Å². The maximum absolute atomic E-state index is 11.7. The van der Waals surface area contributed by atoms with Crippen molar-refractivity contribution >= 4 is 35.8 Å². The number of rotatable bonds is 13. The molecular formula is C21H35IN4O3. The summed E-state index contributed by atoms with van der Waals surface area (Å²) in [6.45, 7) is 5.25. The lowest BCUT2D eigenvalue weighted by molar-refractivity contribution is -0.123. The molecule has 1 saturated carbocycles. The first-order chi connectivity index (χ1) is 13.7. The predicted octanol–water partition coefficient (Wildman–Crippen LogP) is 2.83. The molecule has 0 saturated heterocycles. The molecule has 0 unspecified atom stereocenters. The molecule has 29 heavy (non-hydrogen) atoms. The monoisotopic (exact) mass is 518 g/mol. The smallest absolute Gasteiger partial charge is 0.258 e. The van der Waals surface area contributed by atoms with Crippen LogP contribution in [0.4, 0.5) is 0 Å². The number of carbonyl (C=O) groups is 1. The second-order valence-corrected chi connectivity index (χ2v) is 6.95. The number of hydrogen-bond acceptors (Lipinski definition) is 4. The van der Waals surface area contributed by atoms with Crippen LogP contribution in [-0.4, -0.2) is 51.3 Å². The number of nitrogens with one attached hydrogen (secondary N) is 3. The maximum Gasteiger partial charge on any atom is 0.258 e.